The van der Waals surface area contributed by atoms with E-state index in [0.29, 0.717) is 18.6 Å². The maximum atomic E-state index is 9.66. The SMILES string of the molecule is CCCC1(CNCC(O)COC(C)C)CC1. The molecule has 1 atom stereocenters. The highest BCUT2D eigenvalue weighted by molar-refractivity contribution is 4.94. The van der Waals surface area contributed by atoms with Gasteiger partial charge in [0.2, 0.25) is 0 Å². The van der Waals surface area contributed by atoms with E-state index in [4.69, 9.17) is 4.74 Å². The van der Waals surface area contributed by atoms with Crippen LogP contribution in [-0.2, 0) is 4.74 Å². The molecule has 0 heterocycles. The van der Waals surface area contributed by atoms with Crippen LogP contribution in [-0.4, -0.2) is 37.0 Å². The lowest BCUT2D eigenvalue weighted by Gasteiger charge is -2.18. The summed E-state index contributed by atoms with van der Waals surface area (Å²) in [6.07, 6.45) is 5.11. The molecule has 0 aromatic heterocycles. The maximum Gasteiger partial charge on any atom is 0.0897 e. The van der Waals surface area contributed by atoms with Gasteiger partial charge >= 0.3 is 0 Å². The highest BCUT2D eigenvalue weighted by Gasteiger charge is 2.40. The van der Waals surface area contributed by atoms with Gasteiger partial charge in [-0.25, -0.2) is 0 Å². The number of rotatable bonds is 9. The molecule has 3 nitrogen and oxygen atoms in total. The summed E-state index contributed by atoms with van der Waals surface area (Å²) in [5.74, 6) is 0. The van der Waals surface area contributed by atoms with Crippen molar-refractivity contribution < 1.29 is 9.84 Å². The first kappa shape index (κ1) is 13.9. The van der Waals surface area contributed by atoms with Gasteiger partial charge in [-0.15, -0.1) is 0 Å². The van der Waals surface area contributed by atoms with Crippen LogP contribution in [0.15, 0.2) is 0 Å². The van der Waals surface area contributed by atoms with Crippen LogP contribution in [0, 0.1) is 5.41 Å². The van der Waals surface area contributed by atoms with Gasteiger partial charge in [0, 0.05) is 13.1 Å². The summed E-state index contributed by atoms with van der Waals surface area (Å²) in [6, 6.07) is 0. The first-order chi connectivity index (χ1) is 7.58. The van der Waals surface area contributed by atoms with Crippen molar-refractivity contribution in [2.24, 2.45) is 5.41 Å². The van der Waals surface area contributed by atoms with Crippen molar-refractivity contribution in [3.63, 3.8) is 0 Å². The molecule has 0 aromatic rings. The van der Waals surface area contributed by atoms with E-state index in [1.807, 2.05) is 13.8 Å². The smallest absolute Gasteiger partial charge is 0.0897 e. The summed E-state index contributed by atoms with van der Waals surface area (Å²) in [4.78, 5) is 0. The fourth-order valence-electron chi connectivity index (χ4n) is 2.09. The van der Waals surface area contributed by atoms with E-state index < -0.39 is 0 Å². The molecule has 1 unspecified atom stereocenters. The van der Waals surface area contributed by atoms with Gasteiger partial charge in [-0.3, -0.25) is 0 Å². The number of aliphatic hydroxyl groups is 1. The van der Waals surface area contributed by atoms with Crippen LogP contribution in [0.1, 0.15) is 46.5 Å². The minimum Gasteiger partial charge on any atom is -0.389 e. The van der Waals surface area contributed by atoms with E-state index in [1.54, 1.807) is 0 Å². The number of aliphatic hydroxyl groups excluding tert-OH is 1. The van der Waals surface area contributed by atoms with Gasteiger partial charge in [0.05, 0.1) is 18.8 Å². The molecule has 16 heavy (non-hydrogen) atoms. The van der Waals surface area contributed by atoms with Crippen molar-refractivity contribution >= 4 is 0 Å². The van der Waals surface area contributed by atoms with Gasteiger partial charge in [-0.1, -0.05) is 13.3 Å². The molecule has 0 aliphatic heterocycles. The molecular weight excluding hydrogens is 202 g/mol. The number of ether oxygens (including phenoxy) is 1. The van der Waals surface area contributed by atoms with Crippen molar-refractivity contribution in [2.75, 3.05) is 19.7 Å². The van der Waals surface area contributed by atoms with E-state index in [2.05, 4.69) is 12.2 Å². The number of hydrogen-bond donors (Lipinski definition) is 2. The molecule has 1 aliphatic rings. The Balaban J connectivity index is 2.02. The van der Waals surface area contributed by atoms with Crippen LogP contribution >= 0.6 is 0 Å². The Labute approximate surface area is 99.6 Å². The van der Waals surface area contributed by atoms with E-state index >= 15 is 0 Å². The van der Waals surface area contributed by atoms with E-state index in [-0.39, 0.29) is 12.2 Å². The van der Waals surface area contributed by atoms with Crippen molar-refractivity contribution in [1.29, 1.82) is 0 Å². The van der Waals surface area contributed by atoms with Crippen LogP contribution in [0.25, 0.3) is 0 Å². The molecule has 0 radical (unpaired) electrons. The van der Waals surface area contributed by atoms with Crippen LogP contribution in [0.5, 0.6) is 0 Å². The fraction of sp³-hybridized carbons (Fsp3) is 1.00. The van der Waals surface area contributed by atoms with Crippen LogP contribution in [0.3, 0.4) is 0 Å². The molecule has 1 aliphatic carbocycles. The summed E-state index contributed by atoms with van der Waals surface area (Å²) >= 11 is 0. The average Bonchev–Trinajstić information content (AvgIpc) is 2.96. The Morgan fingerprint density at radius 1 is 1.38 bits per heavy atom. The molecule has 0 saturated heterocycles. The predicted molar refractivity (Wildman–Crippen MR) is 66.5 cm³/mol. The Bertz CT molecular complexity index is 190. The first-order valence-electron chi connectivity index (χ1n) is 6.58. The number of hydrogen-bond acceptors (Lipinski definition) is 3. The van der Waals surface area contributed by atoms with E-state index in [1.165, 1.54) is 25.7 Å². The minimum absolute atomic E-state index is 0.199. The second-order valence-corrected chi connectivity index (χ2v) is 5.42. The van der Waals surface area contributed by atoms with Crippen LogP contribution in [0.4, 0.5) is 0 Å². The monoisotopic (exact) mass is 229 g/mol. The van der Waals surface area contributed by atoms with Crippen LogP contribution in [0.2, 0.25) is 0 Å². The first-order valence-corrected chi connectivity index (χ1v) is 6.58. The Kier molecular flexibility index (Phi) is 5.73. The second kappa shape index (κ2) is 6.58. The molecule has 3 heteroatoms. The standard InChI is InChI=1S/C13H27NO2/c1-4-5-13(6-7-13)10-14-8-12(15)9-16-11(2)3/h11-12,14-15H,4-10H2,1-3H3. The van der Waals surface area contributed by atoms with Crippen molar-refractivity contribution in [2.45, 2.75) is 58.7 Å². The lowest BCUT2D eigenvalue weighted by molar-refractivity contribution is 0.00601. The van der Waals surface area contributed by atoms with Crippen molar-refractivity contribution in [3.8, 4) is 0 Å². The highest BCUT2D eigenvalue weighted by Crippen LogP contribution is 2.48. The van der Waals surface area contributed by atoms with E-state index in [0.717, 1.165) is 6.54 Å². The van der Waals surface area contributed by atoms with Gasteiger partial charge in [0.1, 0.15) is 0 Å². The van der Waals surface area contributed by atoms with Gasteiger partial charge in [0.15, 0.2) is 0 Å². The molecule has 2 N–H and O–H groups in total. The molecule has 0 amide bonds. The van der Waals surface area contributed by atoms with Gasteiger partial charge in [-0.2, -0.15) is 0 Å². The molecule has 96 valence electrons. The summed E-state index contributed by atoms with van der Waals surface area (Å²) in [6.45, 7) is 8.36. The number of nitrogens with one attached hydrogen (secondary N) is 1. The fourth-order valence-corrected chi connectivity index (χ4v) is 2.09. The van der Waals surface area contributed by atoms with Crippen molar-refractivity contribution in [1.82, 2.24) is 5.32 Å². The third-order valence-electron chi connectivity index (χ3n) is 3.24. The third kappa shape index (κ3) is 5.28. The van der Waals surface area contributed by atoms with E-state index in [9.17, 15) is 5.11 Å². The summed E-state index contributed by atoms with van der Waals surface area (Å²) < 4.78 is 5.36. The highest BCUT2D eigenvalue weighted by atomic mass is 16.5. The van der Waals surface area contributed by atoms with Gasteiger partial charge in [-0.05, 0) is 38.5 Å². The lowest BCUT2D eigenvalue weighted by Crippen LogP contribution is -2.34. The summed E-state index contributed by atoms with van der Waals surface area (Å²) in [7, 11) is 0. The molecular formula is C13H27NO2. The van der Waals surface area contributed by atoms with Crippen molar-refractivity contribution in [3.05, 3.63) is 0 Å². The van der Waals surface area contributed by atoms with Gasteiger partial charge in [0.25, 0.3) is 0 Å². The Morgan fingerprint density at radius 2 is 2.06 bits per heavy atom. The molecule has 1 saturated carbocycles. The summed E-state index contributed by atoms with van der Waals surface area (Å²) in [5, 5.41) is 13.0. The largest absolute Gasteiger partial charge is 0.389 e. The zero-order chi connectivity index (χ0) is 12.0. The molecule has 0 aromatic carbocycles. The average molecular weight is 229 g/mol. The molecule has 1 fully saturated rings. The molecule has 1 rings (SSSR count). The quantitative estimate of drug-likeness (QED) is 0.635. The normalized spacial score (nSPS) is 20.1. The van der Waals surface area contributed by atoms with Gasteiger partial charge < -0.3 is 15.2 Å². The third-order valence-corrected chi connectivity index (χ3v) is 3.24. The zero-order valence-electron chi connectivity index (χ0n) is 11.0. The molecule has 0 spiro atoms. The topological polar surface area (TPSA) is 41.5 Å². The minimum atomic E-state index is -0.375. The second-order valence-electron chi connectivity index (χ2n) is 5.42. The maximum absolute atomic E-state index is 9.66. The predicted octanol–water partition coefficient (Wildman–Crippen LogP) is 1.94. The van der Waals surface area contributed by atoms with Crippen LogP contribution < -0.4 is 5.32 Å². The summed E-state index contributed by atoms with van der Waals surface area (Å²) in [5.41, 5.74) is 0.563. The zero-order valence-corrected chi connectivity index (χ0v) is 11.0. The molecule has 0 bridgehead atoms. The lowest BCUT2D eigenvalue weighted by atomic mass is 10.0. The Hall–Kier alpha value is -0.120. The Morgan fingerprint density at radius 3 is 2.56 bits per heavy atom.